The molecule has 2 N–H and O–H groups in total. The third-order valence-electron chi connectivity index (χ3n) is 5.00. The van der Waals surface area contributed by atoms with E-state index >= 15 is 0 Å². The van der Waals surface area contributed by atoms with Gasteiger partial charge >= 0.3 is 6.03 Å². The third-order valence-corrected chi connectivity index (χ3v) is 6.16. The molecule has 0 unspecified atom stereocenters. The summed E-state index contributed by atoms with van der Waals surface area (Å²) in [6.45, 7) is 5.90. The molecule has 0 radical (unpaired) electrons. The summed E-state index contributed by atoms with van der Waals surface area (Å²) in [4.78, 5) is 45.3. The topological polar surface area (TPSA) is 94.6 Å². The van der Waals surface area contributed by atoms with Gasteiger partial charge in [-0.25, -0.2) is 9.78 Å². The van der Waals surface area contributed by atoms with Gasteiger partial charge in [0.15, 0.2) is 5.13 Å². The zero-order valence-electron chi connectivity index (χ0n) is 17.3. The number of urea groups is 1. The average Bonchev–Trinajstić information content (AvgIpc) is 3.14. The van der Waals surface area contributed by atoms with E-state index in [9.17, 15) is 14.4 Å². The molecule has 9 heteroatoms. The number of hydrogen-bond donors (Lipinski definition) is 2. The minimum atomic E-state index is -0.344. The Morgan fingerprint density at radius 3 is 2.33 bits per heavy atom. The van der Waals surface area contributed by atoms with Crippen LogP contribution in [0.3, 0.4) is 0 Å². The molecule has 3 rings (SSSR count). The minimum absolute atomic E-state index is 0.0495. The molecular weight excluding hydrogens is 402 g/mol. The van der Waals surface area contributed by atoms with Crippen molar-refractivity contribution in [3.05, 3.63) is 40.9 Å². The summed E-state index contributed by atoms with van der Waals surface area (Å²) < 4.78 is 0. The van der Waals surface area contributed by atoms with Gasteiger partial charge in [0.1, 0.15) is 0 Å². The van der Waals surface area contributed by atoms with Gasteiger partial charge in [-0.05, 0) is 25.0 Å². The maximum atomic E-state index is 12.6. The van der Waals surface area contributed by atoms with E-state index in [4.69, 9.17) is 0 Å². The Morgan fingerprint density at radius 2 is 1.70 bits per heavy atom. The van der Waals surface area contributed by atoms with Crippen LogP contribution in [0.15, 0.2) is 30.3 Å². The Balaban J connectivity index is 1.52. The Labute approximate surface area is 180 Å². The Bertz CT molecular complexity index is 891. The first-order valence-electron chi connectivity index (χ1n) is 10.1. The first kappa shape index (κ1) is 21.8. The molecule has 0 atom stereocenters. The largest absolute Gasteiger partial charge is 0.339 e. The van der Waals surface area contributed by atoms with E-state index in [-0.39, 0.29) is 17.8 Å². The van der Waals surface area contributed by atoms with Crippen LogP contribution in [0.4, 0.5) is 15.6 Å². The van der Waals surface area contributed by atoms with Gasteiger partial charge in [-0.3, -0.25) is 14.9 Å². The van der Waals surface area contributed by atoms with Crippen molar-refractivity contribution in [2.24, 2.45) is 0 Å². The zero-order valence-corrected chi connectivity index (χ0v) is 18.1. The van der Waals surface area contributed by atoms with E-state index in [1.54, 1.807) is 11.8 Å². The lowest BCUT2D eigenvalue weighted by atomic mass is 10.1. The van der Waals surface area contributed by atoms with Crippen LogP contribution in [0.25, 0.3) is 0 Å². The summed E-state index contributed by atoms with van der Waals surface area (Å²) in [7, 11) is 0. The highest BCUT2D eigenvalue weighted by molar-refractivity contribution is 7.15. The smallest absolute Gasteiger partial charge is 0.325 e. The number of amides is 4. The van der Waals surface area contributed by atoms with Crippen molar-refractivity contribution in [3.63, 3.8) is 0 Å². The van der Waals surface area contributed by atoms with Crippen molar-refractivity contribution in [2.45, 2.75) is 33.1 Å². The number of carbonyl (C=O) groups is 3. The van der Waals surface area contributed by atoms with Crippen molar-refractivity contribution < 1.29 is 14.4 Å². The van der Waals surface area contributed by atoms with Crippen LogP contribution < -0.4 is 10.6 Å². The number of anilines is 2. The summed E-state index contributed by atoms with van der Waals surface area (Å²) in [5.41, 5.74) is 1.56. The quantitative estimate of drug-likeness (QED) is 0.738. The van der Waals surface area contributed by atoms with Crippen LogP contribution in [-0.2, 0) is 22.4 Å². The number of carbonyl (C=O) groups excluding carboxylic acids is 3. The molecular formula is C21H27N5O3S. The molecule has 2 heterocycles. The van der Waals surface area contributed by atoms with Gasteiger partial charge in [-0.15, -0.1) is 11.3 Å². The van der Waals surface area contributed by atoms with Gasteiger partial charge in [-0.1, -0.05) is 25.1 Å². The molecule has 8 nitrogen and oxygen atoms in total. The van der Waals surface area contributed by atoms with Crippen LogP contribution in [-0.4, -0.2) is 58.8 Å². The summed E-state index contributed by atoms with van der Waals surface area (Å²) in [6, 6.07) is 8.86. The molecule has 2 aromatic rings. The number of nitrogens with one attached hydrogen (secondary N) is 2. The number of rotatable bonds is 6. The van der Waals surface area contributed by atoms with E-state index in [0.717, 1.165) is 17.0 Å². The fourth-order valence-electron chi connectivity index (χ4n) is 3.34. The van der Waals surface area contributed by atoms with Gasteiger partial charge in [0.2, 0.25) is 11.8 Å². The van der Waals surface area contributed by atoms with Crippen molar-refractivity contribution in [3.8, 4) is 0 Å². The second kappa shape index (κ2) is 10.2. The number of hydrogen-bond acceptors (Lipinski definition) is 5. The van der Waals surface area contributed by atoms with Crippen LogP contribution >= 0.6 is 11.3 Å². The Hall–Kier alpha value is -2.94. The fraction of sp³-hybridized carbons (Fsp3) is 0.429. The Morgan fingerprint density at radius 1 is 1.03 bits per heavy atom. The fourth-order valence-corrected chi connectivity index (χ4v) is 4.29. The first-order valence-corrected chi connectivity index (χ1v) is 10.9. The lowest BCUT2D eigenvalue weighted by Gasteiger charge is -2.34. The number of aromatic nitrogens is 1. The number of nitrogens with zero attached hydrogens (tertiary/aromatic N) is 3. The molecule has 1 aromatic heterocycles. The van der Waals surface area contributed by atoms with Crippen LogP contribution in [0.2, 0.25) is 0 Å². The minimum Gasteiger partial charge on any atom is -0.339 e. The lowest BCUT2D eigenvalue weighted by Crippen LogP contribution is -2.50. The van der Waals surface area contributed by atoms with Gasteiger partial charge in [0.25, 0.3) is 0 Å². The highest BCUT2D eigenvalue weighted by Gasteiger charge is 2.22. The highest BCUT2D eigenvalue weighted by atomic mass is 32.1. The van der Waals surface area contributed by atoms with Crippen molar-refractivity contribution in [1.29, 1.82) is 0 Å². The molecule has 30 heavy (non-hydrogen) atoms. The summed E-state index contributed by atoms with van der Waals surface area (Å²) >= 11 is 1.44. The second-order valence-electron chi connectivity index (χ2n) is 7.07. The normalized spacial score (nSPS) is 13.8. The maximum absolute atomic E-state index is 12.6. The lowest BCUT2D eigenvalue weighted by molar-refractivity contribution is -0.138. The van der Waals surface area contributed by atoms with Gasteiger partial charge in [0.05, 0.1) is 5.69 Å². The van der Waals surface area contributed by atoms with E-state index in [2.05, 4.69) is 15.6 Å². The van der Waals surface area contributed by atoms with Crippen molar-refractivity contribution in [1.82, 2.24) is 14.8 Å². The molecule has 160 valence electrons. The van der Waals surface area contributed by atoms with Crippen LogP contribution in [0.5, 0.6) is 0 Å². The molecule has 0 spiro atoms. The predicted molar refractivity (Wildman–Crippen MR) is 118 cm³/mol. The monoisotopic (exact) mass is 429 g/mol. The molecule has 1 fully saturated rings. The summed E-state index contributed by atoms with van der Waals surface area (Å²) in [6.07, 6.45) is 1.69. The number of para-hydroxylation sites is 1. The summed E-state index contributed by atoms with van der Waals surface area (Å²) in [5.74, 6) is 0.123. The molecule has 1 aliphatic heterocycles. The molecule has 1 aliphatic rings. The van der Waals surface area contributed by atoms with E-state index in [1.165, 1.54) is 11.3 Å². The SMILES string of the molecule is CCc1sc(NC(=O)Nc2ccccc2)nc1CCC(=O)N1CCN(C(C)=O)CC1. The van der Waals surface area contributed by atoms with Crippen molar-refractivity contribution >= 4 is 40.0 Å². The third kappa shape index (κ3) is 5.79. The molecule has 1 aromatic carbocycles. The number of thiazole rings is 1. The first-order chi connectivity index (χ1) is 14.5. The van der Waals surface area contributed by atoms with Crippen LogP contribution in [0.1, 0.15) is 30.8 Å². The zero-order chi connectivity index (χ0) is 21.5. The molecule has 0 aliphatic carbocycles. The number of aryl methyl sites for hydroxylation is 2. The van der Waals surface area contributed by atoms with Crippen LogP contribution in [0, 0.1) is 0 Å². The van der Waals surface area contributed by atoms with E-state index in [1.807, 2.05) is 42.2 Å². The highest BCUT2D eigenvalue weighted by Crippen LogP contribution is 2.25. The average molecular weight is 430 g/mol. The van der Waals surface area contributed by atoms with E-state index < -0.39 is 0 Å². The molecule has 0 saturated carbocycles. The van der Waals surface area contributed by atoms with Crippen molar-refractivity contribution in [2.75, 3.05) is 36.8 Å². The second-order valence-corrected chi connectivity index (χ2v) is 8.16. The number of benzene rings is 1. The predicted octanol–water partition coefficient (Wildman–Crippen LogP) is 2.97. The van der Waals surface area contributed by atoms with Gasteiger partial charge in [0, 0.05) is 50.1 Å². The molecule has 1 saturated heterocycles. The maximum Gasteiger partial charge on any atom is 0.325 e. The Kier molecular flexibility index (Phi) is 7.40. The summed E-state index contributed by atoms with van der Waals surface area (Å²) in [5, 5.41) is 6.07. The standard InChI is InChI=1S/C21H27N5O3S/c1-3-18-17(9-10-19(28)26-13-11-25(12-14-26)15(2)27)23-21(30-18)24-20(29)22-16-7-5-4-6-8-16/h4-8H,3,9-14H2,1-2H3,(H2,22,23,24,29). The number of piperazine rings is 1. The molecule has 4 amide bonds. The van der Waals surface area contributed by atoms with E-state index in [0.29, 0.717) is 49.8 Å². The van der Waals surface area contributed by atoms with Gasteiger partial charge < -0.3 is 15.1 Å². The molecule has 0 bridgehead atoms. The van der Waals surface area contributed by atoms with Gasteiger partial charge in [-0.2, -0.15) is 0 Å².